The van der Waals surface area contributed by atoms with Crippen molar-refractivity contribution in [2.75, 3.05) is 13.2 Å². The zero-order valence-corrected chi connectivity index (χ0v) is 8.64. The van der Waals surface area contributed by atoms with Crippen LogP contribution in [0.1, 0.15) is 32.6 Å². The van der Waals surface area contributed by atoms with Crippen molar-refractivity contribution in [2.45, 2.75) is 44.6 Å². The summed E-state index contributed by atoms with van der Waals surface area (Å²) in [6.07, 6.45) is 1.02. The van der Waals surface area contributed by atoms with E-state index in [-0.39, 0.29) is 24.9 Å². The molecule has 84 valence electrons. The molecule has 0 aromatic rings. The van der Waals surface area contributed by atoms with Crippen LogP contribution in [-0.4, -0.2) is 25.2 Å². The van der Waals surface area contributed by atoms with Crippen LogP contribution in [0.25, 0.3) is 0 Å². The fourth-order valence-electron chi connectivity index (χ4n) is 2.04. The Morgan fingerprint density at radius 1 is 1.43 bits per heavy atom. The van der Waals surface area contributed by atoms with Crippen molar-refractivity contribution in [1.82, 2.24) is 0 Å². The van der Waals surface area contributed by atoms with E-state index in [1.165, 1.54) is 0 Å². The minimum absolute atomic E-state index is 0.0127. The molecule has 4 heteroatoms. The molecule has 2 nitrogen and oxygen atoms in total. The van der Waals surface area contributed by atoms with Crippen molar-refractivity contribution in [2.24, 2.45) is 11.7 Å². The Kier molecular flexibility index (Phi) is 4.26. The minimum Gasteiger partial charge on any atom is -0.377 e. The zero-order chi connectivity index (χ0) is 10.6. The highest BCUT2D eigenvalue weighted by atomic mass is 19.3. The Morgan fingerprint density at radius 3 is 2.43 bits per heavy atom. The monoisotopic (exact) mass is 207 g/mol. The maximum atomic E-state index is 12.9. The van der Waals surface area contributed by atoms with E-state index in [1.807, 2.05) is 6.92 Å². The lowest BCUT2D eigenvalue weighted by atomic mass is 9.83. The van der Waals surface area contributed by atoms with E-state index in [9.17, 15) is 8.78 Å². The number of rotatable bonds is 4. The van der Waals surface area contributed by atoms with Crippen LogP contribution in [0.2, 0.25) is 0 Å². The molecule has 1 unspecified atom stereocenters. The highest BCUT2D eigenvalue weighted by Crippen LogP contribution is 2.37. The van der Waals surface area contributed by atoms with E-state index >= 15 is 0 Å². The summed E-state index contributed by atoms with van der Waals surface area (Å²) in [5.41, 5.74) is 5.54. The van der Waals surface area contributed by atoms with Crippen molar-refractivity contribution in [3.05, 3.63) is 0 Å². The molecule has 1 aliphatic rings. The Balaban J connectivity index is 2.39. The lowest BCUT2D eigenvalue weighted by Crippen LogP contribution is -2.37. The summed E-state index contributed by atoms with van der Waals surface area (Å²) in [5, 5.41) is 0. The molecule has 14 heavy (non-hydrogen) atoms. The van der Waals surface area contributed by atoms with Crippen molar-refractivity contribution in [1.29, 1.82) is 0 Å². The summed E-state index contributed by atoms with van der Waals surface area (Å²) < 4.78 is 31.1. The molecule has 1 aliphatic carbocycles. The second-order valence-electron chi connectivity index (χ2n) is 3.92. The quantitative estimate of drug-likeness (QED) is 0.766. The molecule has 1 fully saturated rings. The maximum Gasteiger partial charge on any atom is 0.248 e. The van der Waals surface area contributed by atoms with Crippen molar-refractivity contribution in [3.8, 4) is 0 Å². The van der Waals surface area contributed by atoms with Gasteiger partial charge in [-0.2, -0.15) is 0 Å². The molecule has 0 aliphatic heterocycles. The van der Waals surface area contributed by atoms with Gasteiger partial charge in [0.2, 0.25) is 5.92 Å². The topological polar surface area (TPSA) is 35.2 Å². The van der Waals surface area contributed by atoms with Gasteiger partial charge in [-0.1, -0.05) is 0 Å². The normalized spacial score (nSPS) is 24.9. The summed E-state index contributed by atoms with van der Waals surface area (Å²) in [6, 6.07) is 0. The summed E-state index contributed by atoms with van der Waals surface area (Å²) in [6.45, 7) is 2.94. The van der Waals surface area contributed by atoms with Crippen LogP contribution in [0, 0.1) is 5.92 Å². The van der Waals surface area contributed by atoms with Gasteiger partial charge in [0, 0.05) is 26.0 Å². The van der Waals surface area contributed by atoms with E-state index in [4.69, 9.17) is 10.5 Å². The predicted octanol–water partition coefficient (Wildman–Crippen LogP) is 2.18. The first-order valence-corrected chi connectivity index (χ1v) is 5.28. The molecule has 0 amide bonds. The van der Waals surface area contributed by atoms with Crippen LogP contribution in [0.4, 0.5) is 8.78 Å². The SMILES string of the molecule is CCOC(CN)C1CCC(F)(F)CC1. The summed E-state index contributed by atoms with van der Waals surface area (Å²) in [5.74, 6) is -2.23. The first kappa shape index (κ1) is 11.9. The van der Waals surface area contributed by atoms with Gasteiger partial charge in [-0.3, -0.25) is 0 Å². The second kappa shape index (κ2) is 5.03. The van der Waals surface area contributed by atoms with E-state index < -0.39 is 5.92 Å². The van der Waals surface area contributed by atoms with E-state index in [0.29, 0.717) is 26.0 Å². The van der Waals surface area contributed by atoms with Gasteiger partial charge in [0.25, 0.3) is 0 Å². The molecule has 0 bridgehead atoms. The Bertz CT molecular complexity index is 166. The fraction of sp³-hybridized carbons (Fsp3) is 1.00. The average Bonchev–Trinajstić information content (AvgIpc) is 2.15. The van der Waals surface area contributed by atoms with Crippen molar-refractivity contribution < 1.29 is 13.5 Å². The third kappa shape index (κ3) is 3.17. The number of alkyl halides is 2. The Labute approximate surface area is 83.8 Å². The highest BCUT2D eigenvalue weighted by molar-refractivity contribution is 4.82. The van der Waals surface area contributed by atoms with Crippen molar-refractivity contribution in [3.63, 3.8) is 0 Å². The highest BCUT2D eigenvalue weighted by Gasteiger charge is 2.37. The third-order valence-electron chi connectivity index (χ3n) is 2.90. The van der Waals surface area contributed by atoms with Gasteiger partial charge in [-0.15, -0.1) is 0 Å². The number of halogens is 2. The van der Waals surface area contributed by atoms with Gasteiger partial charge in [0.05, 0.1) is 6.10 Å². The molecule has 0 radical (unpaired) electrons. The van der Waals surface area contributed by atoms with E-state index in [1.54, 1.807) is 0 Å². The average molecular weight is 207 g/mol. The predicted molar refractivity (Wildman–Crippen MR) is 51.4 cm³/mol. The van der Waals surface area contributed by atoms with Crippen LogP contribution >= 0.6 is 0 Å². The van der Waals surface area contributed by atoms with Crippen molar-refractivity contribution >= 4 is 0 Å². The molecular formula is C10H19F2NO. The first-order valence-electron chi connectivity index (χ1n) is 5.28. The molecule has 1 atom stereocenters. The summed E-state index contributed by atoms with van der Waals surface area (Å²) in [4.78, 5) is 0. The fourth-order valence-corrected chi connectivity index (χ4v) is 2.04. The third-order valence-corrected chi connectivity index (χ3v) is 2.90. The molecule has 0 saturated heterocycles. The van der Waals surface area contributed by atoms with Crippen LogP contribution < -0.4 is 5.73 Å². The molecule has 1 saturated carbocycles. The molecule has 0 heterocycles. The maximum absolute atomic E-state index is 12.9. The largest absolute Gasteiger partial charge is 0.377 e. The molecule has 1 rings (SSSR count). The van der Waals surface area contributed by atoms with E-state index in [2.05, 4.69) is 0 Å². The van der Waals surface area contributed by atoms with Crippen LogP contribution in [0.3, 0.4) is 0 Å². The molecule has 2 N–H and O–H groups in total. The van der Waals surface area contributed by atoms with Gasteiger partial charge in [0.1, 0.15) is 0 Å². The number of ether oxygens (including phenoxy) is 1. The number of nitrogens with two attached hydrogens (primary N) is 1. The van der Waals surface area contributed by atoms with Crippen LogP contribution in [-0.2, 0) is 4.74 Å². The lowest BCUT2D eigenvalue weighted by Gasteiger charge is -2.32. The van der Waals surface area contributed by atoms with Gasteiger partial charge in [0.15, 0.2) is 0 Å². The lowest BCUT2D eigenvalue weighted by molar-refractivity contribution is -0.0715. The standard InChI is InChI=1S/C10H19F2NO/c1-2-14-9(7-13)8-3-5-10(11,12)6-4-8/h8-9H,2-7,13H2,1H3. The molecule has 0 aromatic carbocycles. The second-order valence-corrected chi connectivity index (χ2v) is 3.92. The number of hydrogen-bond donors (Lipinski definition) is 1. The van der Waals surface area contributed by atoms with Gasteiger partial charge in [-0.05, 0) is 25.7 Å². The minimum atomic E-state index is -2.46. The molecular weight excluding hydrogens is 188 g/mol. The zero-order valence-electron chi connectivity index (χ0n) is 8.64. The van der Waals surface area contributed by atoms with Gasteiger partial charge in [-0.25, -0.2) is 8.78 Å². The molecule has 0 spiro atoms. The van der Waals surface area contributed by atoms with E-state index in [0.717, 1.165) is 0 Å². The summed E-state index contributed by atoms with van der Waals surface area (Å²) >= 11 is 0. The van der Waals surface area contributed by atoms with Gasteiger partial charge >= 0.3 is 0 Å². The first-order chi connectivity index (χ1) is 6.59. The molecule has 0 aromatic heterocycles. The van der Waals surface area contributed by atoms with Crippen LogP contribution in [0.5, 0.6) is 0 Å². The Hall–Kier alpha value is -0.220. The summed E-state index contributed by atoms with van der Waals surface area (Å²) in [7, 11) is 0. The van der Waals surface area contributed by atoms with Crippen LogP contribution in [0.15, 0.2) is 0 Å². The smallest absolute Gasteiger partial charge is 0.248 e. The Morgan fingerprint density at radius 2 is 2.00 bits per heavy atom. The van der Waals surface area contributed by atoms with Gasteiger partial charge < -0.3 is 10.5 Å². The number of hydrogen-bond acceptors (Lipinski definition) is 2.